The summed E-state index contributed by atoms with van der Waals surface area (Å²) >= 11 is 3.01. The SMILES string of the molecule is O=C(OCc1nc2ccccc2s1)c1cc2ccccc2s1. The average Bonchev–Trinajstić information content (AvgIpc) is 3.15. The van der Waals surface area contributed by atoms with Crippen molar-refractivity contribution in [2.45, 2.75) is 6.61 Å². The highest BCUT2D eigenvalue weighted by Crippen LogP contribution is 2.27. The quantitative estimate of drug-likeness (QED) is 0.505. The number of aromatic nitrogens is 1. The molecule has 0 N–H and O–H groups in total. The molecule has 3 nitrogen and oxygen atoms in total. The highest BCUT2D eigenvalue weighted by Gasteiger charge is 2.13. The predicted octanol–water partition coefficient (Wildman–Crippen LogP) is 4.87. The second-order valence-corrected chi connectivity index (χ2v) is 7.00. The number of carbonyl (C=O) groups is 1. The van der Waals surface area contributed by atoms with Crippen LogP contribution in [0.25, 0.3) is 20.3 Å². The number of esters is 1. The van der Waals surface area contributed by atoms with Crippen LogP contribution in [0.15, 0.2) is 54.6 Å². The first-order chi connectivity index (χ1) is 10.8. The van der Waals surface area contributed by atoms with Crippen molar-refractivity contribution in [3.63, 3.8) is 0 Å². The molecule has 4 aromatic rings. The third-order valence-electron chi connectivity index (χ3n) is 3.29. The van der Waals surface area contributed by atoms with E-state index < -0.39 is 0 Å². The van der Waals surface area contributed by atoms with E-state index in [-0.39, 0.29) is 12.6 Å². The van der Waals surface area contributed by atoms with Gasteiger partial charge in [-0.05, 0) is 29.7 Å². The maximum Gasteiger partial charge on any atom is 0.348 e. The summed E-state index contributed by atoms with van der Waals surface area (Å²) in [6, 6.07) is 17.7. The molecule has 0 radical (unpaired) electrons. The summed E-state index contributed by atoms with van der Waals surface area (Å²) in [5.41, 5.74) is 0.945. The van der Waals surface area contributed by atoms with E-state index in [1.54, 1.807) is 11.3 Å². The van der Waals surface area contributed by atoms with Crippen molar-refractivity contribution in [2.75, 3.05) is 0 Å². The van der Waals surface area contributed by atoms with Crippen molar-refractivity contribution >= 4 is 48.9 Å². The number of benzene rings is 2. The molecule has 22 heavy (non-hydrogen) atoms. The molecule has 0 bridgehead atoms. The first-order valence-electron chi connectivity index (χ1n) is 6.80. The molecule has 0 aliphatic rings. The minimum atomic E-state index is -0.291. The summed E-state index contributed by atoms with van der Waals surface area (Å²) in [7, 11) is 0. The average molecular weight is 325 g/mol. The van der Waals surface area contributed by atoms with Crippen molar-refractivity contribution in [3.05, 3.63) is 64.5 Å². The molecule has 0 amide bonds. The summed E-state index contributed by atoms with van der Waals surface area (Å²) in [4.78, 5) is 17.3. The lowest BCUT2D eigenvalue weighted by molar-refractivity contribution is 0.0478. The molecule has 0 saturated carbocycles. The van der Waals surface area contributed by atoms with Gasteiger partial charge in [0.15, 0.2) is 0 Å². The van der Waals surface area contributed by atoms with Crippen LogP contribution < -0.4 is 0 Å². The number of hydrogen-bond donors (Lipinski definition) is 0. The van der Waals surface area contributed by atoms with Crippen LogP contribution >= 0.6 is 22.7 Å². The number of rotatable bonds is 3. The fraction of sp³-hybridized carbons (Fsp3) is 0.0588. The number of para-hydroxylation sites is 1. The fourth-order valence-corrected chi connectivity index (χ4v) is 4.10. The minimum absolute atomic E-state index is 0.215. The number of ether oxygens (including phenoxy) is 1. The van der Waals surface area contributed by atoms with Gasteiger partial charge in [-0.3, -0.25) is 0 Å². The normalized spacial score (nSPS) is 11.1. The monoisotopic (exact) mass is 325 g/mol. The number of fused-ring (bicyclic) bond motifs is 2. The molecule has 108 valence electrons. The van der Waals surface area contributed by atoms with Gasteiger partial charge in [-0.2, -0.15) is 0 Å². The lowest BCUT2D eigenvalue weighted by atomic mass is 10.2. The van der Waals surface area contributed by atoms with Gasteiger partial charge in [0.1, 0.15) is 16.5 Å². The van der Waals surface area contributed by atoms with Crippen LogP contribution in [0.1, 0.15) is 14.7 Å². The zero-order valence-corrected chi connectivity index (χ0v) is 13.1. The van der Waals surface area contributed by atoms with Crippen molar-refractivity contribution in [3.8, 4) is 0 Å². The van der Waals surface area contributed by atoms with E-state index in [0.717, 1.165) is 25.3 Å². The van der Waals surface area contributed by atoms with E-state index in [9.17, 15) is 4.79 Å². The maximum atomic E-state index is 12.2. The molecule has 2 aromatic heterocycles. The van der Waals surface area contributed by atoms with E-state index in [1.807, 2.05) is 54.6 Å². The largest absolute Gasteiger partial charge is 0.454 e. The Hall–Kier alpha value is -2.24. The number of thiazole rings is 1. The van der Waals surface area contributed by atoms with Gasteiger partial charge in [0.2, 0.25) is 0 Å². The Bertz CT molecular complexity index is 905. The van der Waals surface area contributed by atoms with Crippen LogP contribution in [-0.2, 0) is 11.3 Å². The third-order valence-corrected chi connectivity index (χ3v) is 5.40. The molecule has 5 heteroatoms. The van der Waals surface area contributed by atoms with Gasteiger partial charge in [-0.1, -0.05) is 30.3 Å². The molecule has 0 fully saturated rings. The van der Waals surface area contributed by atoms with Gasteiger partial charge in [0, 0.05) is 4.70 Å². The Morgan fingerprint density at radius 3 is 2.59 bits per heavy atom. The number of carbonyl (C=O) groups excluding carboxylic acids is 1. The van der Waals surface area contributed by atoms with E-state index in [1.165, 1.54) is 11.3 Å². The zero-order valence-electron chi connectivity index (χ0n) is 11.5. The maximum absolute atomic E-state index is 12.2. The lowest BCUT2D eigenvalue weighted by Crippen LogP contribution is -2.02. The van der Waals surface area contributed by atoms with Crippen LogP contribution in [-0.4, -0.2) is 11.0 Å². The second kappa shape index (κ2) is 5.51. The molecule has 0 atom stereocenters. The molecule has 0 spiro atoms. The highest BCUT2D eigenvalue weighted by atomic mass is 32.1. The van der Waals surface area contributed by atoms with Crippen LogP contribution in [0.2, 0.25) is 0 Å². The zero-order chi connectivity index (χ0) is 14.9. The van der Waals surface area contributed by atoms with Gasteiger partial charge in [0.25, 0.3) is 0 Å². The smallest absolute Gasteiger partial charge is 0.348 e. The number of hydrogen-bond acceptors (Lipinski definition) is 5. The van der Waals surface area contributed by atoms with Crippen LogP contribution in [0.5, 0.6) is 0 Å². The van der Waals surface area contributed by atoms with Gasteiger partial charge in [-0.15, -0.1) is 22.7 Å². The first kappa shape index (κ1) is 13.4. The van der Waals surface area contributed by atoms with Crippen molar-refractivity contribution in [1.82, 2.24) is 4.98 Å². The molecule has 0 saturated heterocycles. The number of nitrogens with zero attached hydrogens (tertiary/aromatic N) is 1. The molecule has 0 aliphatic carbocycles. The molecular formula is C17H11NO2S2. The lowest BCUT2D eigenvalue weighted by Gasteiger charge is -1.99. The van der Waals surface area contributed by atoms with Gasteiger partial charge in [-0.25, -0.2) is 9.78 Å². The summed E-state index contributed by atoms with van der Waals surface area (Å²) in [5, 5.41) is 1.88. The highest BCUT2D eigenvalue weighted by molar-refractivity contribution is 7.20. The van der Waals surface area contributed by atoms with Crippen molar-refractivity contribution in [2.24, 2.45) is 0 Å². The third kappa shape index (κ3) is 2.49. The number of thiophene rings is 1. The molecule has 0 aliphatic heterocycles. The van der Waals surface area contributed by atoms with Crippen LogP contribution in [0, 0.1) is 0 Å². The van der Waals surface area contributed by atoms with E-state index in [4.69, 9.17) is 4.74 Å². The standard InChI is InChI=1S/C17H11NO2S2/c19-17(15-9-11-5-1-3-7-13(11)21-15)20-10-16-18-12-6-2-4-8-14(12)22-16/h1-9H,10H2. The Morgan fingerprint density at radius 2 is 1.77 bits per heavy atom. The summed E-state index contributed by atoms with van der Waals surface area (Å²) in [6.07, 6.45) is 0. The first-order valence-corrected chi connectivity index (χ1v) is 8.43. The molecular weight excluding hydrogens is 314 g/mol. The summed E-state index contributed by atoms with van der Waals surface area (Å²) in [5.74, 6) is -0.291. The van der Waals surface area contributed by atoms with Gasteiger partial charge < -0.3 is 4.74 Å². The molecule has 2 aromatic carbocycles. The van der Waals surface area contributed by atoms with E-state index >= 15 is 0 Å². The van der Waals surface area contributed by atoms with E-state index in [2.05, 4.69) is 4.98 Å². The van der Waals surface area contributed by atoms with Crippen molar-refractivity contribution in [1.29, 1.82) is 0 Å². The van der Waals surface area contributed by atoms with E-state index in [0.29, 0.717) is 4.88 Å². The second-order valence-electron chi connectivity index (χ2n) is 4.80. The van der Waals surface area contributed by atoms with Gasteiger partial charge in [0.05, 0.1) is 10.2 Å². The minimum Gasteiger partial charge on any atom is -0.454 e. The molecule has 2 heterocycles. The Labute approximate surface area is 134 Å². The van der Waals surface area contributed by atoms with Gasteiger partial charge >= 0.3 is 5.97 Å². The molecule has 0 unspecified atom stereocenters. The van der Waals surface area contributed by atoms with Crippen LogP contribution in [0.3, 0.4) is 0 Å². The fourth-order valence-electron chi connectivity index (χ4n) is 2.26. The molecule has 4 rings (SSSR count). The topological polar surface area (TPSA) is 39.2 Å². The predicted molar refractivity (Wildman–Crippen MR) is 90.6 cm³/mol. The Morgan fingerprint density at radius 1 is 1.00 bits per heavy atom. The Kier molecular flexibility index (Phi) is 3.36. The van der Waals surface area contributed by atoms with Crippen molar-refractivity contribution < 1.29 is 9.53 Å². The summed E-state index contributed by atoms with van der Waals surface area (Å²) < 4.78 is 7.59. The Balaban J connectivity index is 1.51. The van der Waals surface area contributed by atoms with Crippen LogP contribution in [0.4, 0.5) is 0 Å². The summed E-state index contributed by atoms with van der Waals surface area (Å²) in [6.45, 7) is 0.215.